The van der Waals surface area contributed by atoms with E-state index in [4.69, 9.17) is 9.47 Å². The number of phenolic OH excluding ortho intramolecular Hbond substituents is 1. The molecule has 0 bridgehead atoms. The van der Waals surface area contributed by atoms with Crippen LogP contribution in [0.25, 0.3) is 0 Å². The molecule has 2 atom stereocenters. The average Bonchev–Trinajstić information content (AvgIpc) is 2.96. The monoisotopic (exact) mass is 334 g/mol. The highest BCUT2D eigenvalue weighted by molar-refractivity contribution is 6.18. The highest BCUT2D eigenvalue weighted by Gasteiger charge is 2.72. The maximum atomic E-state index is 12.3. The summed E-state index contributed by atoms with van der Waals surface area (Å²) in [7, 11) is 2.33. The zero-order valence-electron chi connectivity index (χ0n) is 13.1. The molecule has 0 aromatic heterocycles. The number of carbonyl (C=O) groups is 3. The molecule has 1 spiro atoms. The quantitative estimate of drug-likeness (QED) is 0.581. The topological polar surface area (TPSA) is 119 Å². The second kappa shape index (κ2) is 4.81. The Morgan fingerprint density at radius 2 is 1.92 bits per heavy atom. The molecule has 8 nitrogen and oxygen atoms in total. The third-order valence-electron chi connectivity index (χ3n) is 4.41. The lowest BCUT2D eigenvalue weighted by molar-refractivity contribution is -0.187. The smallest absolute Gasteiger partial charge is 0.351 e. The van der Waals surface area contributed by atoms with Crippen LogP contribution in [0.3, 0.4) is 0 Å². The van der Waals surface area contributed by atoms with Gasteiger partial charge in [-0.15, -0.1) is 0 Å². The van der Waals surface area contributed by atoms with Gasteiger partial charge in [0.25, 0.3) is 5.60 Å². The van der Waals surface area contributed by atoms with Crippen LogP contribution in [-0.2, 0) is 24.7 Å². The Balaban J connectivity index is 2.39. The normalized spacial score (nSPS) is 27.8. The van der Waals surface area contributed by atoms with E-state index in [2.05, 4.69) is 4.74 Å². The van der Waals surface area contributed by atoms with Crippen molar-refractivity contribution in [1.29, 1.82) is 0 Å². The molecule has 1 aliphatic heterocycles. The van der Waals surface area contributed by atoms with Crippen LogP contribution >= 0.6 is 0 Å². The molecule has 8 heteroatoms. The van der Waals surface area contributed by atoms with Gasteiger partial charge in [0.15, 0.2) is 0 Å². The van der Waals surface area contributed by atoms with Crippen LogP contribution in [0.1, 0.15) is 22.8 Å². The van der Waals surface area contributed by atoms with Crippen molar-refractivity contribution in [2.75, 3.05) is 14.2 Å². The van der Waals surface area contributed by atoms with Gasteiger partial charge in [0.2, 0.25) is 11.4 Å². The summed E-state index contributed by atoms with van der Waals surface area (Å²) < 4.78 is 14.9. The third-order valence-corrected chi connectivity index (χ3v) is 4.41. The van der Waals surface area contributed by atoms with Crippen LogP contribution in [0.5, 0.6) is 11.5 Å². The van der Waals surface area contributed by atoms with E-state index in [1.54, 1.807) is 0 Å². The molecular weight excluding hydrogens is 320 g/mol. The summed E-state index contributed by atoms with van der Waals surface area (Å²) in [5, 5.41) is 21.0. The molecule has 0 radical (unpaired) electrons. The number of rotatable bonds is 2. The SMILES string of the molecule is COC(=O)[C@]1(O)C(=O)C=C(C)[C@]12OC(=O)c1c(O)cc(OC)cc12. The minimum absolute atomic E-state index is 0.0446. The molecule has 3 rings (SSSR count). The van der Waals surface area contributed by atoms with Gasteiger partial charge in [-0.1, -0.05) is 0 Å². The highest BCUT2D eigenvalue weighted by Crippen LogP contribution is 2.55. The fourth-order valence-corrected chi connectivity index (χ4v) is 3.27. The van der Waals surface area contributed by atoms with Crippen LogP contribution < -0.4 is 4.74 Å². The summed E-state index contributed by atoms with van der Waals surface area (Å²) in [5.41, 5.74) is -5.07. The molecule has 2 N–H and O–H groups in total. The molecule has 0 amide bonds. The highest BCUT2D eigenvalue weighted by atomic mass is 16.6. The molecule has 0 saturated carbocycles. The Morgan fingerprint density at radius 3 is 2.50 bits per heavy atom. The second-order valence-electron chi connectivity index (χ2n) is 5.53. The van der Waals surface area contributed by atoms with Crippen molar-refractivity contribution >= 4 is 17.7 Å². The van der Waals surface area contributed by atoms with Crippen LogP contribution in [0.2, 0.25) is 0 Å². The maximum absolute atomic E-state index is 12.3. The zero-order chi connectivity index (χ0) is 17.9. The summed E-state index contributed by atoms with van der Waals surface area (Å²) in [4.78, 5) is 36.8. The van der Waals surface area contributed by atoms with Gasteiger partial charge in [-0.3, -0.25) is 4.79 Å². The predicted octanol–water partition coefficient (Wildman–Crippen LogP) is 0.200. The van der Waals surface area contributed by atoms with E-state index in [1.165, 1.54) is 26.2 Å². The number of esters is 2. The standard InChI is InChI=1S/C16H14O8/c1-7-4-11(18)15(21,14(20)23-3)16(7)9-5-8(22-2)6-10(17)12(9)13(19)24-16/h4-6,17,21H,1-3H3/t15-,16-/m1/s1. The number of carbonyl (C=O) groups excluding carboxylic acids is 3. The van der Waals surface area contributed by atoms with Crippen molar-refractivity contribution in [3.63, 3.8) is 0 Å². The zero-order valence-corrected chi connectivity index (χ0v) is 13.1. The van der Waals surface area contributed by atoms with E-state index in [1.807, 2.05) is 0 Å². The molecule has 1 aliphatic carbocycles. The number of phenols is 1. The van der Waals surface area contributed by atoms with Gasteiger partial charge in [-0.25, -0.2) is 9.59 Å². The van der Waals surface area contributed by atoms with Gasteiger partial charge < -0.3 is 24.4 Å². The van der Waals surface area contributed by atoms with Crippen molar-refractivity contribution in [2.45, 2.75) is 18.1 Å². The summed E-state index contributed by atoms with van der Waals surface area (Å²) in [6.45, 7) is 1.43. The molecular formula is C16H14O8. The van der Waals surface area contributed by atoms with E-state index < -0.39 is 34.7 Å². The Morgan fingerprint density at radius 1 is 1.25 bits per heavy atom. The Hall–Kier alpha value is -2.87. The van der Waals surface area contributed by atoms with Crippen LogP contribution in [0.15, 0.2) is 23.8 Å². The van der Waals surface area contributed by atoms with Crippen molar-refractivity contribution in [1.82, 2.24) is 0 Å². The average molecular weight is 334 g/mol. The Bertz CT molecular complexity index is 824. The molecule has 0 saturated heterocycles. The summed E-state index contributed by atoms with van der Waals surface area (Å²) in [5.74, 6) is -3.53. The molecule has 126 valence electrons. The van der Waals surface area contributed by atoms with E-state index in [-0.39, 0.29) is 22.4 Å². The van der Waals surface area contributed by atoms with Gasteiger partial charge in [-0.05, 0) is 24.6 Å². The first-order valence-corrected chi connectivity index (χ1v) is 6.92. The number of hydrogen-bond donors (Lipinski definition) is 2. The Kier molecular flexibility index (Phi) is 3.21. The molecule has 24 heavy (non-hydrogen) atoms. The largest absolute Gasteiger partial charge is 0.507 e. The van der Waals surface area contributed by atoms with Crippen LogP contribution in [0, 0.1) is 0 Å². The number of benzene rings is 1. The maximum Gasteiger partial charge on any atom is 0.351 e. The van der Waals surface area contributed by atoms with Crippen LogP contribution in [0.4, 0.5) is 0 Å². The summed E-state index contributed by atoms with van der Waals surface area (Å²) >= 11 is 0. The molecule has 0 unspecified atom stereocenters. The van der Waals surface area contributed by atoms with E-state index >= 15 is 0 Å². The van der Waals surface area contributed by atoms with Crippen molar-refractivity contribution in [3.05, 3.63) is 34.9 Å². The molecule has 1 heterocycles. The van der Waals surface area contributed by atoms with Gasteiger partial charge in [0.05, 0.1) is 14.2 Å². The molecule has 0 fully saturated rings. The number of aromatic hydroxyl groups is 1. The van der Waals surface area contributed by atoms with Crippen molar-refractivity contribution in [2.24, 2.45) is 0 Å². The predicted molar refractivity (Wildman–Crippen MR) is 77.5 cm³/mol. The summed E-state index contributed by atoms with van der Waals surface area (Å²) in [6.07, 6.45) is 1.01. The molecule has 1 aromatic carbocycles. The lowest BCUT2D eigenvalue weighted by Crippen LogP contribution is -2.59. The lowest BCUT2D eigenvalue weighted by Gasteiger charge is -2.36. The number of ether oxygens (including phenoxy) is 3. The first-order chi connectivity index (χ1) is 11.2. The van der Waals surface area contributed by atoms with E-state index in [0.29, 0.717) is 0 Å². The third kappa shape index (κ3) is 1.58. The van der Waals surface area contributed by atoms with Gasteiger partial charge in [0.1, 0.15) is 17.1 Å². The fourth-order valence-electron chi connectivity index (χ4n) is 3.27. The minimum Gasteiger partial charge on any atom is -0.507 e. The number of aliphatic hydroxyl groups is 1. The number of methoxy groups -OCH3 is 2. The lowest BCUT2D eigenvalue weighted by atomic mass is 9.75. The summed E-state index contributed by atoms with van der Waals surface area (Å²) in [6, 6.07) is 2.51. The van der Waals surface area contributed by atoms with Crippen LogP contribution in [-0.4, -0.2) is 47.8 Å². The second-order valence-corrected chi connectivity index (χ2v) is 5.53. The number of ketones is 1. The molecule has 2 aliphatic rings. The first kappa shape index (κ1) is 16.0. The van der Waals surface area contributed by atoms with Crippen molar-refractivity contribution < 1.29 is 38.8 Å². The van der Waals surface area contributed by atoms with Gasteiger partial charge in [-0.2, -0.15) is 0 Å². The molecule has 1 aromatic rings. The minimum atomic E-state index is -2.79. The number of fused-ring (bicyclic) bond motifs is 2. The fraction of sp³-hybridized carbons (Fsp3) is 0.312. The van der Waals surface area contributed by atoms with Gasteiger partial charge >= 0.3 is 11.9 Å². The van der Waals surface area contributed by atoms with E-state index in [9.17, 15) is 24.6 Å². The first-order valence-electron chi connectivity index (χ1n) is 6.92. The van der Waals surface area contributed by atoms with Crippen molar-refractivity contribution in [3.8, 4) is 11.5 Å². The van der Waals surface area contributed by atoms with Gasteiger partial charge in [0, 0.05) is 11.6 Å². The Labute approximate surface area is 136 Å². The van der Waals surface area contributed by atoms with E-state index in [0.717, 1.165) is 13.2 Å². The number of hydrogen-bond acceptors (Lipinski definition) is 8.